The van der Waals surface area contributed by atoms with E-state index in [1.807, 2.05) is 20.8 Å². The lowest BCUT2D eigenvalue weighted by atomic mass is 10.0. The Hall–Kier alpha value is -1.51. The highest BCUT2D eigenvalue weighted by Crippen LogP contribution is 2.23. The first-order valence-electron chi connectivity index (χ1n) is 5.60. The third-order valence-electron chi connectivity index (χ3n) is 2.23. The molecule has 0 fully saturated rings. The average Bonchev–Trinajstić information content (AvgIpc) is 2.20. The highest BCUT2D eigenvalue weighted by Gasteiger charge is 2.10. The highest BCUT2D eigenvalue weighted by molar-refractivity contribution is 5.97. The van der Waals surface area contributed by atoms with Crippen LogP contribution in [0.3, 0.4) is 0 Å². The molecule has 1 aromatic carbocycles. The normalized spacial score (nSPS) is 10.5. The maximum Gasteiger partial charge on any atom is 0.163 e. The second-order valence-electron chi connectivity index (χ2n) is 4.21. The van der Waals surface area contributed by atoms with Gasteiger partial charge in [0.2, 0.25) is 0 Å². The third kappa shape index (κ3) is 3.26. The first-order chi connectivity index (χ1) is 7.54. The molecule has 0 unspecified atom stereocenters. The summed E-state index contributed by atoms with van der Waals surface area (Å²) in [5.41, 5.74) is 6.99. The zero-order valence-corrected chi connectivity index (χ0v) is 10.1. The number of hydrogen-bond acceptors (Lipinski definition) is 3. The largest absolute Gasteiger partial charge is 0.492 e. The zero-order valence-electron chi connectivity index (χ0n) is 10.1. The van der Waals surface area contributed by atoms with Gasteiger partial charge in [0.15, 0.2) is 5.78 Å². The van der Waals surface area contributed by atoms with E-state index >= 15 is 0 Å². The standard InChI is InChI=1S/C13H19NO2/c1-4-16-13-6-5-10(8-11(13)14)12(15)7-9(2)3/h5-6,8-9H,4,7,14H2,1-3H3. The molecule has 1 rings (SSSR count). The molecule has 0 aliphatic heterocycles. The first-order valence-corrected chi connectivity index (χ1v) is 5.60. The van der Waals surface area contributed by atoms with Crippen LogP contribution in [0.5, 0.6) is 5.75 Å². The van der Waals surface area contributed by atoms with Crippen LogP contribution in [0.15, 0.2) is 18.2 Å². The monoisotopic (exact) mass is 221 g/mol. The van der Waals surface area contributed by atoms with Gasteiger partial charge < -0.3 is 10.5 Å². The van der Waals surface area contributed by atoms with E-state index in [0.717, 1.165) is 0 Å². The van der Waals surface area contributed by atoms with E-state index in [1.165, 1.54) is 0 Å². The number of carbonyl (C=O) groups is 1. The van der Waals surface area contributed by atoms with Crippen molar-refractivity contribution in [2.75, 3.05) is 12.3 Å². The van der Waals surface area contributed by atoms with Gasteiger partial charge in [-0.05, 0) is 31.0 Å². The Bertz CT molecular complexity index is 372. The molecular weight excluding hydrogens is 202 g/mol. The van der Waals surface area contributed by atoms with Crippen molar-refractivity contribution in [1.82, 2.24) is 0 Å². The maximum absolute atomic E-state index is 11.8. The molecule has 0 aromatic heterocycles. The number of ketones is 1. The van der Waals surface area contributed by atoms with Gasteiger partial charge in [-0.15, -0.1) is 0 Å². The quantitative estimate of drug-likeness (QED) is 0.614. The number of Topliss-reactive ketones (excluding diaryl/α,β-unsaturated/α-hetero) is 1. The molecule has 0 aliphatic carbocycles. The topological polar surface area (TPSA) is 52.3 Å². The minimum Gasteiger partial charge on any atom is -0.492 e. The molecule has 3 heteroatoms. The van der Waals surface area contributed by atoms with Gasteiger partial charge >= 0.3 is 0 Å². The predicted molar refractivity (Wildman–Crippen MR) is 65.8 cm³/mol. The molecule has 0 heterocycles. The van der Waals surface area contributed by atoms with Gasteiger partial charge in [-0.2, -0.15) is 0 Å². The molecule has 0 amide bonds. The molecule has 0 atom stereocenters. The van der Waals surface area contributed by atoms with Crippen LogP contribution in [-0.2, 0) is 0 Å². The van der Waals surface area contributed by atoms with Crippen molar-refractivity contribution in [3.63, 3.8) is 0 Å². The Kier molecular flexibility index (Phi) is 4.35. The summed E-state index contributed by atoms with van der Waals surface area (Å²) in [4.78, 5) is 11.8. The van der Waals surface area contributed by atoms with Gasteiger partial charge in [-0.1, -0.05) is 13.8 Å². The van der Waals surface area contributed by atoms with Gasteiger partial charge in [0.05, 0.1) is 12.3 Å². The molecule has 16 heavy (non-hydrogen) atoms. The highest BCUT2D eigenvalue weighted by atomic mass is 16.5. The van der Waals surface area contributed by atoms with Gasteiger partial charge in [0.25, 0.3) is 0 Å². The Morgan fingerprint density at radius 3 is 2.62 bits per heavy atom. The van der Waals surface area contributed by atoms with Crippen molar-refractivity contribution in [2.45, 2.75) is 27.2 Å². The zero-order chi connectivity index (χ0) is 12.1. The minimum atomic E-state index is 0.129. The fourth-order valence-electron chi connectivity index (χ4n) is 1.50. The van der Waals surface area contributed by atoms with Gasteiger partial charge in [-0.25, -0.2) is 0 Å². The summed E-state index contributed by atoms with van der Waals surface area (Å²) in [5, 5.41) is 0. The predicted octanol–water partition coefficient (Wildman–Crippen LogP) is 2.90. The van der Waals surface area contributed by atoms with Crippen molar-refractivity contribution >= 4 is 11.5 Å². The lowest BCUT2D eigenvalue weighted by Crippen LogP contribution is -2.05. The summed E-state index contributed by atoms with van der Waals surface area (Å²) in [6, 6.07) is 5.22. The summed E-state index contributed by atoms with van der Waals surface area (Å²) >= 11 is 0. The summed E-state index contributed by atoms with van der Waals surface area (Å²) in [6.45, 7) is 6.52. The lowest BCUT2D eigenvalue weighted by molar-refractivity contribution is 0.0968. The number of ether oxygens (including phenoxy) is 1. The van der Waals surface area contributed by atoms with E-state index in [9.17, 15) is 4.79 Å². The average molecular weight is 221 g/mol. The number of anilines is 1. The molecule has 0 aliphatic rings. The second kappa shape index (κ2) is 5.54. The number of nitrogens with two attached hydrogens (primary N) is 1. The lowest BCUT2D eigenvalue weighted by Gasteiger charge is -2.09. The smallest absolute Gasteiger partial charge is 0.163 e. The molecule has 0 bridgehead atoms. The van der Waals surface area contributed by atoms with Crippen LogP contribution in [0.2, 0.25) is 0 Å². The molecule has 88 valence electrons. The summed E-state index contributed by atoms with van der Waals surface area (Å²) in [6.07, 6.45) is 0.549. The van der Waals surface area contributed by atoms with Crippen molar-refractivity contribution in [1.29, 1.82) is 0 Å². The van der Waals surface area contributed by atoms with Crippen LogP contribution < -0.4 is 10.5 Å². The van der Waals surface area contributed by atoms with Crippen molar-refractivity contribution < 1.29 is 9.53 Å². The molecule has 0 saturated heterocycles. The van der Waals surface area contributed by atoms with Crippen LogP contribution in [-0.4, -0.2) is 12.4 Å². The Morgan fingerprint density at radius 2 is 2.12 bits per heavy atom. The van der Waals surface area contributed by atoms with Crippen molar-refractivity contribution in [3.05, 3.63) is 23.8 Å². The molecule has 2 N–H and O–H groups in total. The Labute approximate surface area is 96.6 Å². The molecular formula is C13H19NO2. The Balaban J connectivity index is 2.84. The van der Waals surface area contributed by atoms with Crippen LogP contribution in [0.4, 0.5) is 5.69 Å². The van der Waals surface area contributed by atoms with E-state index < -0.39 is 0 Å². The molecule has 0 radical (unpaired) electrons. The number of rotatable bonds is 5. The molecule has 0 saturated carbocycles. The van der Waals surface area contributed by atoms with Crippen molar-refractivity contribution in [3.8, 4) is 5.75 Å². The minimum absolute atomic E-state index is 0.129. The fourth-order valence-corrected chi connectivity index (χ4v) is 1.50. The van der Waals surface area contributed by atoms with E-state index in [4.69, 9.17) is 10.5 Å². The number of carbonyl (C=O) groups excluding carboxylic acids is 1. The van der Waals surface area contributed by atoms with Crippen LogP contribution in [0.25, 0.3) is 0 Å². The fraction of sp³-hybridized carbons (Fsp3) is 0.462. The SMILES string of the molecule is CCOc1ccc(C(=O)CC(C)C)cc1N. The first kappa shape index (κ1) is 12.6. The molecule has 3 nitrogen and oxygen atoms in total. The summed E-state index contributed by atoms with van der Waals surface area (Å²) < 4.78 is 5.32. The Morgan fingerprint density at radius 1 is 1.44 bits per heavy atom. The van der Waals surface area contributed by atoms with Crippen LogP contribution in [0.1, 0.15) is 37.6 Å². The van der Waals surface area contributed by atoms with E-state index in [2.05, 4.69) is 0 Å². The van der Waals surface area contributed by atoms with Gasteiger partial charge in [0, 0.05) is 12.0 Å². The third-order valence-corrected chi connectivity index (χ3v) is 2.23. The van der Waals surface area contributed by atoms with Gasteiger partial charge in [0.1, 0.15) is 5.75 Å². The summed E-state index contributed by atoms with van der Waals surface area (Å²) in [5.74, 6) is 1.13. The van der Waals surface area contributed by atoms with Gasteiger partial charge in [-0.3, -0.25) is 4.79 Å². The van der Waals surface area contributed by atoms with Crippen LogP contribution >= 0.6 is 0 Å². The number of benzene rings is 1. The summed E-state index contributed by atoms with van der Waals surface area (Å²) in [7, 11) is 0. The second-order valence-corrected chi connectivity index (χ2v) is 4.21. The number of nitrogen functional groups attached to an aromatic ring is 1. The molecule has 1 aromatic rings. The van der Waals surface area contributed by atoms with E-state index in [1.54, 1.807) is 18.2 Å². The van der Waals surface area contributed by atoms with E-state index in [-0.39, 0.29) is 5.78 Å². The van der Waals surface area contributed by atoms with E-state index in [0.29, 0.717) is 35.9 Å². The molecule has 0 spiro atoms. The van der Waals surface area contributed by atoms with Crippen LogP contribution in [0, 0.1) is 5.92 Å². The maximum atomic E-state index is 11.8. The van der Waals surface area contributed by atoms with Crippen molar-refractivity contribution in [2.24, 2.45) is 5.92 Å². The number of hydrogen-bond donors (Lipinski definition) is 1.